The van der Waals surface area contributed by atoms with Crippen LogP contribution in [0.3, 0.4) is 0 Å². The maximum Gasteiger partial charge on any atom is 0.287 e. The molecule has 0 radical (unpaired) electrons. The van der Waals surface area contributed by atoms with Crippen LogP contribution in [0.4, 0.5) is 0 Å². The number of nitrogens with zero attached hydrogens (tertiary/aromatic N) is 1. The molecule has 8 heteroatoms. The van der Waals surface area contributed by atoms with Gasteiger partial charge in [-0.2, -0.15) is 5.10 Å². The van der Waals surface area contributed by atoms with Crippen LogP contribution in [0.15, 0.2) is 76.8 Å². The highest BCUT2D eigenvalue weighted by molar-refractivity contribution is 7.10. The zero-order valence-electron chi connectivity index (χ0n) is 15.0. The molecule has 1 heterocycles. The molecule has 3 rings (SSSR count). The lowest BCUT2D eigenvalue weighted by atomic mass is 10.2. The second-order valence-corrected chi connectivity index (χ2v) is 7.21. The Hall–Kier alpha value is -3.42. The van der Waals surface area contributed by atoms with Gasteiger partial charge in [-0.1, -0.05) is 35.9 Å². The molecule has 2 aromatic carbocycles. The van der Waals surface area contributed by atoms with E-state index in [2.05, 4.69) is 15.8 Å². The normalized spacial score (nSPS) is 11.4. The maximum atomic E-state index is 12.6. The van der Waals surface area contributed by atoms with Crippen LogP contribution >= 0.6 is 22.9 Å². The molecule has 0 saturated heterocycles. The van der Waals surface area contributed by atoms with Crippen LogP contribution < -0.4 is 10.7 Å². The predicted molar refractivity (Wildman–Crippen MR) is 115 cm³/mol. The molecular weight excluding hydrogens is 410 g/mol. The minimum atomic E-state index is -0.611. The highest BCUT2D eigenvalue weighted by Crippen LogP contribution is 2.19. The van der Waals surface area contributed by atoms with Gasteiger partial charge in [0.25, 0.3) is 11.8 Å². The van der Waals surface area contributed by atoms with Gasteiger partial charge in [-0.05, 0) is 47.9 Å². The Morgan fingerprint density at radius 1 is 1.07 bits per heavy atom. The summed E-state index contributed by atoms with van der Waals surface area (Å²) in [5, 5.41) is 18.5. The molecular formula is C21H16ClN3O3S. The van der Waals surface area contributed by atoms with Crippen LogP contribution in [0.25, 0.3) is 6.08 Å². The molecule has 1 aromatic heterocycles. The predicted octanol–water partition coefficient (Wildman–Crippen LogP) is 4.03. The first-order chi connectivity index (χ1) is 14.0. The van der Waals surface area contributed by atoms with E-state index in [-0.39, 0.29) is 11.4 Å². The molecule has 0 spiro atoms. The number of thiophene rings is 1. The van der Waals surface area contributed by atoms with Crippen molar-refractivity contribution in [2.24, 2.45) is 5.10 Å². The number of phenolic OH excluding ortho intramolecular Hbond substituents is 1. The summed E-state index contributed by atoms with van der Waals surface area (Å²) in [5.41, 5.74) is 3.14. The lowest BCUT2D eigenvalue weighted by Crippen LogP contribution is -2.32. The van der Waals surface area contributed by atoms with Gasteiger partial charge in [0.1, 0.15) is 11.4 Å². The van der Waals surface area contributed by atoms with Gasteiger partial charge in [-0.25, -0.2) is 5.43 Å². The number of hydrazone groups is 1. The van der Waals surface area contributed by atoms with Crippen molar-refractivity contribution < 1.29 is 14.7 Å². The highest BCUT2D eigenvalue weighted by atomic mass is 35.5. The van der Waals surface area contributed by atoms with Crippen molar-refractivity contribution in [2.75, 3.05) is 0 Å². The van der Waals surface area contributed by atoms with Crippen LogP contribution in [0, 0.1) is 0 Å². The van der Waals surface area contributed by atoms with E-state index in [0.29, 0.717) is 16.1 Å². The topological polar surface area (TPSA) is 90.8 Å². The average Bonchev–Trinajstić information content (AvgIpc) is 3.23. The number of aromatic hydroxyl groups is 1. The first-order valence-corrected chi connectivity index (χ1v) is 9.72. The summed E-state index contributed by atoms with van der Waals surface area (Å²) in [6, 6.07) is 16.7. The number of carbonyl (C=O) groups is 2. The van der Waals surface area contributed by atoms with Crippen LogP contribution in [0.2, 0.25) is 5.02 Å². The first-order valence-electron chi connectivity index (χ1n) is 8.46. The Bertz CT molecular complexity index is 1060. The van der Waals surface area contributed by atoms with Gasteiger partial charge in [-0.3, -0.25) is 9.59 Å². The van der Waals surface area contributed by atoms with Gasteiger partial charge in [0.15, 0.2) is 0 Å². The number of phenols is 1. The Morgan fingerprint density at radius 3 is 2.59 bits per heavy atom. The van der Waals surface area contributed by atoms with E-state index in [4.69, 9.17) is 11.6 Å². The van der Waals surface area contributed by atoms with Crippen molar-refractivity contribution >= 4 is 47.0 Å². The van der Waals surface area contributed by atoms with Crippen molar-refractivity contribution in [1.82, 2.24) is 10.7 Å². The minimum absolute atomic E-state index is 0.0286. The second-order valence-electron chi connectivity index (χ2n) is 5.80. The number of nitrogens with one attached hydrogen (secondary N) is 2. The fourth-order valence-corrected chi connectivity index (χ4v) is 3.15. The van der Waals surface area contributed by atoms with Crippen molar-refractivity contribution in [3.63, 3.8) is 0 Å². The molecule has 0 bridgehead atoms. The van der Waals surface area contributed by atoms with Crippen LogP contribution in [0.5, 0.6) is 5.75 Å². The zero-order chi connectivity index (χ0) is 20.6. The van der Waals surface area contributed by atoms with E-state index >= 15 is 0 Å². The molecule has 0 aliphatic heterocycles. The van der Waals surface area contributed by atoms with Crippen LogP contribution in [-0.2, 0) is 4.79 Å². The summed E-state index contributed by atoms with van der Waals surface area (Å²) in [4.78, 5) is 25.8. The Morgan fingerprint density at radius 2 is 1.86 bits per heavy atom. The number of amides is 2. The van der Waals surface area contributed by atoms with E-state index in [1.165, 1.54) is 35.8 Å². The number of benzene rings is 2. The minimum Gasteiger partial charge on any atom is -0.507 e. The smallest absolute Gasteiger partial charge is 0.287 e. The fraction of sp³-hybridized carbons (Fsp3) is 0. The van der Waals surface area contributed by atoms with Gasteiger partial charge in [0, 0.05) is 21.0 Å². The van der Waals surface area contributed by atoms with Crippen molar-refractivity contribution in [2.45, 2.75) is 0 Å². The zero-order valence-corrected chi connectivity index (χ0v) is 16.6. The van der Waals surface area contributed by atoms with E-state index in [0.717, 1.165) is 4.88 Å². The summed E-state index contributed by atoms with van der Waals surface area (Å²) in [7, 11) is 0. The summed E-state index contributed by atoms with van der Waals surface area (Å²) < 4.78 is 0. The molecule has 0 atom stereocenters. The number of hydrogen-bond acceptors (Lipinski definition) is 5. The standard InChI is InChI=1S/C21H16ClN3O3S/c22-16-8-9-19(26)15(11-16)13-23-25-21(28)18(12-17-7-4-10-29-17)24-20(27)14-5-2-1-3-6-14/h1-13,26H,(H,24,27)(H,25,28)/b18-12-,23-13+. The Kier molecular flexibility index (Phi) is 6.78. The maximum absolute atomic E-state index is 12.6. The SMILES string of the molecule is O=C(N/N=C/c1cc(Cl)ccc1O)/C(=C/c1cccs1)NC(=O)c1ccccc1. The lowest BCUT2D eigenvalue weighted by Gasteiger charge is -2.08. The molecule has 0 fully saturated rings. The molecule has 3 aromatic rings. The van der Waals surface area contributed by atoms with Gasteiger partial charge in [0.2, 0.25) is 0 Å². The van der Waals surface area contributed by atoms with Gasteiger partial charge < -0.3 is 10.4 Å². The van der Waals surface area contributed by atoms with E-state index in [9.17, 15) is 14.7 Å². The second kappa shape index (κ2) is 9.68. The molecule has 0 saturated carbocycles. The molecule has 146 valence electrons. The van der Waals surface area contributed by atoms with Crippen LogP contribution in [-0.4, -0.2) is 23.1 Å². The molecule has 2 amide bonds. The van der Waals surface area contributed by atoms with Gasteiger partial charge in [0.05, 0.1) is 6.21 Å². The fourth-order valence-electron chi connectivity index (χ4n) is 2.31. The lowest BCUT2D eigenvalue weighted by molar-refractivity contribution is -0.117. The van der Waals surface area contributed by atoms with Crippen molar-refractivity contribution in [3.05, 3.63) is 92.8 Å². The largest absolute Gasteiger partial charge is 0.507 e. The third-order valence-corrected chi connectivity index (χ3v) is 4.77. The summed E-state index contributed by atoms with van der Waals surface area (Å²) in [6.45, 7) is 0. The first kappa shape index (κ1) is 20.3. The summed E-state index contributed by atoms with van der Waals surface area (Å²) in [5.74, 6) is -1.06. The quantitative estimate of drug-likeness (QED) is 0.316. The van der Waals surface area contributed by atoms with Gasteiger partial charge >= 0.3 is 0 Å². The molecule has 6 nitrogen and oxygen atoms in total. The molecule has 3 N–H and O–H groups in total. The van der Waals surface area contributed by atoms with E-state index < -0.39 is 11.8 Å². The van der Waals surface area contributed by atoms with Crippen LogP contribution in [0.1, 0.15) is 20.8 Å². The third-order valence-electron chi connectivity index (χ3n) is 3.72. The number of rotatable bonds is 6. The Balaban J connectivity index is 1.77. The summed E-state index contributed by atoms with van der Waals surface area (Å²) in [6.07, 6.45) is 2.83. The number of carbonyl (C=O) groups excluding carboxylic acids is 2. The van der Waals surface area contributed by atoms with E-state index in [1.807, 2.05) is 17.5 Å². The molecule has 0 aliphatic rings. The van der Waals surface area contributed by atoms with Crippen molar-refractivity contribution in [1.29, 1.82) is 0 Å². The Labute approximate surface area is 176 Å². The number of halogens is 1. The summed E-state index contributed by atoms with van der Waals surface area (Å²) >= 11 is 7.31. The van der Waals surface area contributed by atoms with Gasteiger partial charge in [-0.15, -0.1) is 11.3 Å². The molecule has 0 aliphatic carbocycles. The van der Waals surface area contributed by atoms with E-state index in [1.54, 1.807) is 36.4 Å². The third kappa shape index (κ3) is 5.78. The monoisotopic (exact) mass is 425 g/mol. The average molecular weight is 426 g/mol. The number of hydrogen-bond donors (Lipinski definition) is 3. The molecule has 0 unspecified atom stereocenters. The molecule has 29 heavy (non-hydrogen) atoms. The van der Waals surface area contributed by atoms with Crippen molar-refractivity contribution in [3.8, 4) is 5.75 Å². The highest BCUT2D eigenvalue weighted by Gasteiger charge is 2.14.